The van der Waals surface area contributed by atoms with Crippen LogP contribution in [-0.2, 0) is 20.4 Å². The van der Waals surface area contributed by atoms with Gasteiger partial charge in [0.2, 0.25) is 0 Å². The molecule has 0 aromatic heterocycles. The number of phenols is 2. The van der Waals surface area contributed by atoms with E-state index in [1.165, 1.54) is 24.3 Å². The quantitative estimate of drug-likeness (QED) is 0.0584. The van der Waals surface area contributed by atoms with Crippen LogP contribution < -0.4 is 18.9 Å². The summed E-state index contributed by atoms with van der Waals surface area (Å²) < 4.78 is 22.3. The lowest BCUT2D eigenvalue weighted by Crippen LogP contribution is -2.19. The molecule has 306 valence electrons. The number of rotatable bonds is 15. The van der Waals surface area contributed by atoms with E-state index in [0.717, 1.165) is 22.3 Å². The summed E-state index contributed by atoms with van der Waals surface area (Å²) in [6.45, 7) is 8.23. The number of esters is 4. The predicted molar refractivity (Wildman–Crippen MR) is 226 cm³/mol. The number of benzene rings is 6. The summed E-state index contributed by atoms with van der Waals surface area (Å²) >= 11 is 0. The molecular formula is C50H46O10. The van der Waals surface area contributed by atoms with Crippen LogP contribution in [0.3, 0.4) is 0 Å². The van der Waals surface area contributed by atoms with Crippen molar-refractivity contribution in [1.82, 2.24) is 0 Å². The van der Waals surface area contributed by atoms with Gasteiger partial charge in [-0.2, -0.15) is 0 Å². The number of phenolic OH excluding ortho intramolecular Hbond substituents is 2. The molecule has 0 aliphatic carbocycles. The van der Waals surface area contributed by atoms with Crippen LogP contribution in [0.5, 0.6) is 34.5 Å². The van der Waals surface area contributed by atoms with Crippen molar-refractivity contribution >= 4 is 23.9 Å². The van der Waals surface area contributed by atoms with E-state index in [-0.39, 0.29) is 57.8 Å². The minimum Gasteiger partial charge on any atom is -0.508 e. The molecule has 10 heteroatoms. The standard InChI is InChI=1S/C50H46O10/c1-49(2,33-17-25-37(51)26-18-33)35-21-29-39(30-22-35)57-47(55)41-11-5-7-13-43(41)59-45(53)15-9-10-16-46(54)60-44-14-8-6-12-42(44)48(56)58-40-31-23-36(24-32-40)50(3,4)34-19-27-38(52)28-20-34/h5-8,11-14,17-32,51-52H,9-10,15-16H2,1-4H3. The van der Waals surface area contributed by atoms with E-state index < -0.39 is 23.9 Å². The molecule has 6 aromatic carbocycles. The number of para-hydroxylation sites is 2. The number of hydrogen-bond acceptors (Lipinski definition) is 10. The van der Waals surface area contributed by atoms with Crippen LogP contribution in [0.1, 0.15) is 96.3 Å². The first-order chi connectivity index (χ1) is 28.7. The summed E-state index contributed by atoms with van der Waals surface area (Å²) in [6.07, 6.45) is 0.554. The molecule has 0 amide bonds. The van der Waals surface area contributed by atoms with Crippen LogP contribution in [0.25, 0.3) is 0 Å². The fraction of sp³-hybridized carbons (Fsp3) is 0.200. The second-order valence-electron chi connectivity index (χ2n) is 15.3. The Balaban J connectivity index is 0.964. The summed E-state index contributed by atoms with van der Waals surface area (Å²) in [5.41, 5.74) is 3.38. The number of carbonyl (C=O) groups is 4. The molecule has 0 atom stereocenters. The topological polar surface area (TPSA) is 146 Å². The van der Waals surface area contributed by atoms with Crippen LogP contribution >= 0.6 is 0 Å². The van der Waals surface area contributed by atoms with E-state index in [2.05, 4.69) is 27.7 Å². The highest BCUT2D eigenvalue weighted by Gasteiger charge is 2.25. The zero-order valence-corrected chi connectivity index (χ0v) is 33.8. The first-order valence-electron chi connectivity index (χ1n) is 19.5. The number of ether oxygens (including phenoxy) is 4. The molecule has 6 rings (SSSR count). The second-order valence-corrected chi connectivity index (χ2v) is 15.3. The number of carbonyl (C=O) groups excluding carboxylic acids is 4. The molecule has 10 nitrogen and oxygen atoms in total. The van der Waals surface area contributed by atoms with Crippen LogP contribution in [0, 0.1) is 0 Å². The van der Waals surface area contributed by atoms with Gasteiger partial charge in [-0.1, -0.05) is 100 Å². The molecule has 6 aromatic rings. The summed E-state index contributed by atoms with van der Waals surface area (Å²) in [4.78, 5) is 51.9. The molecule has 0 bridgehead atoms. The first kappa shape index (κ1) is 42.4. The van der Waals surface area contributed by atoms with Gasteiger partial charge in [0.05, 0.1) is 0 Å². The molecule has 0 aliphatic heterocycles. The normalized spacial score (nSPS) is 11.3. The highest BCUT2D eigenvalue weighted by Crippen LogP contribution is 2.35. The molecule has 0 heterocycles. The third kappa shape index (κ3) is 10.5. The van der Waals surface area contributed by atoms with E-state index in [9.17, 15) is 29.4 Å². The average molecular weight is 807 g/mol. The Labute approximate surface area is 349 Å². The van der Waals surface area contributed by atoms with Crippen LogP contribution in [0.4, 0.5) is 0 Å². The minimum absolute atomic E-state index is 0.0250. The summed E-state index contributed by atoms with van der Waals surface area (Å²) in [7, 11) is 0. The third-order valence-electron chi connectivity index (χ3n) is 10.4. The molecule has 0 saturated heterocycles. The van der Waals surface area contributed by atoms with Gasteiger partial charge in [-0.25, -0.2) is 9.59 Å². The highest BCUT2D eigenvalue weighted by molar-refractivity contribution is 5.95. The Kier molecular flexibility index (Phi) is 13.1. The van der Waals surface area contributed by atoms with Crippen molar-refractivity contribution in [2.24, 2.45) is 0 Å². The summed E-state index contributed by atoms with van der Waals surface area (Å²) in [5.74, 6) is -1.46. The molecule has 2 N–H and O–H groups in total. The molecule has 0 radical (unpaired) electrons. The van der Waals surface area contributed by atoms with E-state index in [0.29, 0.717) is 24.3 Å². The van der Waals surface area contributed by atoms with Crippen molar-refractivity contribution in [3.8, 4) is 34.5 Å². The molecular weight excluding hydrogens is 761 g/mol. The van der Waals surface area contributed by atoms with Gasteiger partial charge in [0.15, 0.2) is 0 Å². The third-order valence-corrected chi connectivity index (χ3v) is 10.4. The summed E-state index contributed by atoms with van der Waals surface area (Å²) in [5, 5.41) is 19.3. The maximum atomic E-state index is 13.2. The van der Waals surface area contributed by atoms with Gasteiger partial charge in [-0.3, -0.25) is 9.59 Å². The van der Waals surface area contributed by atoms with Gasteiger partial charge in [-0.05, 0) is 108 Å². The zero-order valence-electron chi connectivity index (χ0n) is 33.8. The van der Waals surface area contributed by atoms with Gasteiger partial charge in [-0.15, -0.1) is 0 Å². The second kappa shape index (κ2) is 18.6. The van der Waals surface area contributed by atoms with E-state index in [1.54, 1.807) is 72.8 Å². The van der Waals surface area contributed by atoms with Gasteiger partial charge >= 0.3 is 23.9 Å². The number of aromatic hydroxyl groups is 2. The Bertz CT molecular complexity index is 2270. The monoisotopic (exact) mass is 806 g/mol. The van der Waals surface area contributed by atoms with Crippen molar-refractivity contribution < 1.29 is 48.3 Å². The average Bonchev–Trinajstić information content (AvgIpc) is 3.23. The first-order valence-corrected chi connectivity index (χ1v) is 19.5. The largest absolute Gasteiger partial charge is 0.508 e. The lowest BCUT2D eigenvalue weighted by atomic mass is 9.78. The lowest BCUT2D eigenvalue weighted by molar-refractivity contribution is -0.136. The van der Waals surface area contributed by atoms with Crippen molar-refractivity contribution in [2.45, 2.75) is 64.2 Å². The molecule has 0 unspecified atom stereocenters. The molecule has 0 spiro atoms. The van der Waals surface area contributed by atoms with Crippen LogP contribution in [-0.4, -0.2) is 34.1 Å². The van der Waals surface area contributed by atoms with Gasteiger partial charge in [0, 0.05) is 23.7 Å². The Morgan fingerprint density at radius 2 is 0.717 bits per heavy atom. The predicted octanol–water partition coefficient (Wildman–Crippen LogP) is 10.3. The fourth-order valence-electron chi connectivity index (χ4n) is 6.63. The number of hydrogen-bond donors (Lipinski definition) is 2. The van der Waals surface area contributed by atoms with Crippen molar-refractivity contribution in [1.29, 1.82) is 0 Å². The minimum atomic E-state index is -0.695. The number of unbranched alkanes of at least 4 members (excludes halogenated alkanes) is 1. The van der Waals surface area contributed by atoms with Crippen molar-refractivity contribution in [2.75, 3.05) is 0 Å². The van der Waals surface area contributed by atoms with Gasteiger partial charge in [0.1, 0.15) is 45.6 Å². The van der Waals surface area contributed by atoms with E-state index in [1.807, 2.05) is 48.5 Å². The van der Waals surface area contributed by atoms with Crippen molar-refractivity contribution in [3.63, 3.8) is 0 Å². The maximum absolute atomic E-state index is 13.2. The molecule has 0 fully saturated rings. The molecule has 0 saturated carbocycles. The highest BCUT2D eigenvalue weighted by atomic mass is 16.6. The van der Waals surface area contributed by atoms with Crippen LogP contribution in [0.15, 0.2) is 146 Å². The van der Waals surface area contributed by atoms with E-state index >= 15 is 0 Å². The van der Waals surface area contributed by atoms with Gasteiger partial charge < -0.3 is 29.2 Å². The Morgan fingerprint density at radius 1 is 0.417 bits per heavy atom. The van der Waals surface area contributed by atoms with E-state index in [4.69, 9.17) is 18.9 Å². The lowest BCUT2D eigenvalue weighted by Gasteiger charge is -2.26. The Hall–Kier alpha value is -7.20. The molecule has 0 aliphatic rings. The van der Waals surface area contributed by atoms with Crippen LogP contribution in [0.2, 0.25) is 0 Å². The van der Waals surface area contributed by atoms with Gasteiger partial charge in [0.25, 0.3) is 0 Å². The zero-order chi connectivity index (χ0) is 42.9. The smallest absolute Gasteiger partial charge is 0.347 e. The summed E-state index contributed by atoms with van der Waals surface area (Å²) in [6, 6.07) is 40.9. The maximum Gasteiger partial charge on any atom is 0.347 e. The Morgan fingerprint density at radius 3 is 1.05 bits per heavy atom. The SMILES string of the molecule is CC(C)(c1ccc(O)cc1)c1ccc(OC(=O)c2ccccc2OC(=O)CCCCC(=O)Oc2ccccc2C(=O)Oc2ccc(C(C)(C)c3ccc(O)cc3)cc2)cc1. The molecule has 60 heavy (non-hydrogen) atoms. The van der Waals surface area contributed by atoms with Crippen molar-refractivity contribution in [3.05, 3.63) is 179 Å². The fourth-order valence-corrected chi connectivity index (χ4v) is 6.63.